The first-order valence-corrected chi connectivity index (χ1v) is 6.42. The summed E-state index contributed by atoms with van der Waals surface area (Å²) in [5.74, 6) is 2.57. The van der Waals surface area contributed by atoms with Gasteiger partial charge in [0.25, 0.3) is 0 Å². The van der Waals surface area contributed by atoms with E-state index < -0.39 is 0 Å². The second-order valence-electron chi connectivity index (χ2n) is 4.55. The van der Waals surface area contributed by atoms with E-state index in [1.165, 1.54) is 12.8 Å². The summed E-state index contributed by atoms with van der Waals surface area (Å²) in [6.07, 6.45) is 3.64. The Morgan fingerprint density at radius 3 is 2.89 bits per heavy atom. The smallest absolute Gasteiger partial charge is 0.223 e. The molecule has 0 amide bonds. The van der Waals surface area contributed by atoms with Crippen molar-refractivity contribution in [2.24, 2.45) is 5.92 Å². The SMILES string of the molecule is CNc1cc(NCCCOCC2CC2)nc(N)n1. The minimum atomic E-state index is 0.273. The van der Waals surface area contributed by atoms with E-state index in [0.717, 1.165) is 43.7 Å². The molecule has 100 valence electrons. The fourth-order valence-electron chi connectivity index (χ4n) is 1.61. The summed E-state index contributed by atoms with van der Waals surface area (Å²) in [4.78, 5) is 8.14. The van der Waals surface area contributed by atoms with Crippen LogP contribution in [0.25, 0.3) is 0 Å². The van der Waals surface area contributed by atoms with Gasteiger partial charge in [0.05, 0.1) is 0 Å². The number of nitrogens with one attached hydrogen (secondary N) is 2. The van der Waals surface area contributed by atoms with Gasteiger partial charge in [-0.25, -0.2) is 0 Å². The first-order chi connectivity index (χ1) is 8.78. The van der Waals surface area contributed by atoms with Gasteiger partial charge >= 0.3 is 0 Å². The summed E-state index contributed by atoms with van der Waals surface area (Å²) in [6.45, 7) is 2.54. The zero-order chi connectivity index (χ0) is 12.8. The van der Waals surface area contributed by atoms with Gasteiger partial charge in [-0.15, -0.1) is 0 Å². The van der Waals surface area contributed by atoms with E-state index in [9.17, 15) is 0 Å². The molecule has 4 N–H and O–H groups in total. The van der Waals surface area contributed by atoms with E-state index in [0.29, 0.717) is 0 Å². The van der Waals surface area contributed by atoms with E-state index in [-0.39, 0.29) is 5.95 Å². The Hall–Kier alpha value is -1.56. The number of rotatable bonds is 8. The third-order valence-corrected chi connectivity index (χ3v) is 2.82. The highest BCUT2D eigenvalue weighted by Crippen LogP contribution is 2.28. The summed E-state index contributed by atoms with van der Waals surface area (Å²) in [5.41, 5.74) is 5.60. The number of nitrogen functional groups attached to an aromatic ring is 1. The van der Waals surface area contributed by atoms with Crippen LogP contribution in [-0.2, 0) is 4.74 Å². The van der Waals surface area contributed by atoms with Crippen molar-refractivity contribution in [3.63, 3.8) is 0 Å². The topological polar surface area (TPSA) is 85.1 Å². The first-order valence-electron chi connectivity index (χ1n) is 6.42. The molecule has 0 atom stereocenters. The molecule has 1 aromatic heterocycles. The van der Waals surface area contributed by atoms with Crippen molar-refractivity contribution in [3.05, 3.63) is 6.07 Å². The maximum absolute atomic E-state index is 5.60. The third kappa shape index (κ3) is 4.37. The molecule has 1 saturated carbocycles. The molecule has 1 heterocycles. The molecule has 0 unspecified atom stereocenters. The number of aromatic nitrogens is 2. The molecule has 0 saturated heterocycles. The fraction of sp³-hybridized carbons (Fsp3) is 0.667. The molecule has 6 heteroatoms. The number of hydrogen-bond acceptors (Lipinski definition) is 6. The first kappa shape index (κ1) is 12.9. The van der Waals surface area contributed by atoms with Crippen LogP contribution in [0.3, 0.4) is 0 Å². The monoisotopic (exact) mass is 251 g/mol. The second-order valence-corrected chi connectivity index (χ2v) is 4.55. The predicted molar refractivity (Wildman–Crippen MR) is 72.6 cm³/mol. The summed E-state index contributed by atoms with van der Waals surface area (Å²) in [6, 6.07) is 1.83. The molecule has 2 rings (SSSR count). The maximum atomic E-state index is 5.60. The molecule has 0 spiro atoms. The minimum absolute atomic E-state index is 0.273. The van der Waals surface area contributed by atoms with Gasteiger partial charge in [-0.1, -0.05) is 0 Å². The van der Waals surface area contributed by atoms with E-state index in [4.69, 9.17) is 10.5 Å². The highest BCUT2D eigenvalue weighted by Gasteiger charge is 2.20. The molecular formula is C12H21N5O. The molecule has 1 fully saturated rings. The van der Waals surface area contributed by atoms with Crippen molar-refractivity contribution in [1.29, 1.82) is 0 Å². The average Bonchev–Trinajstić information content (AvgIpc) is 3.17. The van der Waals surface area contributed by atoms with Gasteiger partial charge in [0, 0.05) is 32.9 Å². The Labute approximate surface area is 107 Å². The Kier molecular flexibility index (Phi) is 4.58. The normalized spacial score (nSPS) is 14.5. The Morgan fingerprint density at radius 2 is 2.17 bits per heavy atom. The van der Waals surface area contributed by atoms with Crippen LogP contribution in [0, 0.1) is 5.92 Å². The van der Waals surface area contributed by atoms with Gasteiger partial charge in [-0.2, -0.15) is 9.97 Å². The number of nitrogens with zero attached hydrogens (tertiary/aromatic N) is 2. The van der Waals surface area contributed by atoms with Crippen molar-refractivity contribution >= 4 is 17.6 Å². The van der Waals surface area contributed by atoms with Gasteiger partial charge < -0.3 is 21.1 Å². The molecule has 1 aliphatic rings. The van der Waals surface area contributed by atoms with Gasteiger partial charge in [0.2, 0.25) is 5.95 Å². The Morgan fingerprint density at radius 1 is 1.39 bits per heavy atom. The van der Waals surface area contributed by atoms with Crippen LogP contribution in [0.15, 0.2) is 6.07 Å². The van der Waals surface area contributed by atoms with Crippen molar-refractivity contribution < 1.29 is 4.74 Å². The molecule has 0 radical (unpaired) electrons. The fourth-order valence-corrected chi connectivity index (χ4v) is 1.61. The van der Waals surface area contributed by atoms with Crippen molar-refractivity contribution in [1.82, 2.24) is 9.97 Å². The average molecular weight is 251 g/mol. The summed E-state index contributed by atoms with van der Waals surface area (Å²) in [5, 5.41) is 6.16. The summed E-state index contributed by atoms with van der Waals surface area (Å²) >= 11 is 0. The molecule has 0 aliphatic heterocycles. The lowest BCUT2D eigenvalue weighted by Gasteiger charge is -2.08. The molecular weight excluding hydrogens is 230 g/mol. The van der Waals surface area contributed by atoms with Gasteiger partial charge in [0.15, 0.2) is 0 Å². The Bertz CT molecular complexity index is 381. The zero-order valence-electron chi connectivity index (χ0n) is 10.8. The van der Waals surface area contributed by atoms with E-state index in [2.05, 4.69) is 20.6 Å². The quantitative estimate of drug-likeness (QED) is 0.604. The second kappa shape index (κ2) is 6.39. The number of hydrogen-bond donors (Lipinski definition) is 3. The standard InChI is InChI=1S/C12H21N5O/c1-14-10-7-11(17-12(13)16-10)15-5-2-6-18-8-9-3-4-9/h7,9H,2-6,8H2,1H3,(H4,13,14,15,16,17). The number of ether oxygens (including phenoxy) is 1. The molecule has 1 aliphatic carbocycles. The van der Waals surface area contributed by atoms with Crippen LogP contribution in [0.5, 0.6) is 0 Å². The van der Waals surface area contributed by atoms with Crippen LogP contribution in [0.4, 0.5) is 17.6 Å². The van der Waals surface area contributed by atoms with Crippen molar-refractivity contribution in [3.8, 4) is 0 Å². The molecule has 0 bridgehead atoms. The maximum Gasteiger partial charge on any atom is 0.223 e. The number of nitrogens with two attached hydrogens (primary N) is 1. The molecule has 1 aromatic rings. The predicted octanol–water partition coefficient (Wildman–Crippen LogP) is 1.33. The molecule has 18 heavy (non-hydrogen) atoms. The van der Waals surface area contributed by atoms with E-state index in [1.54, 1.807) is 7.05 Å². The van der Waals surface area contributed by atoms with Crippen LogP contribution >= 0.6 is 0 Å². The molecule has 0 aromatic carbocycles. The largest absolute Gasteiger partial charge is 0.381 e. The lowest BCUT2D eigenvalue weighted by atomic mass is 10.4. The third-order valence-electron chi connectivity index (χ3n) is 2.82. The van der Waals surface area contributed by atoms with Crippen LogP contribution in [0.1, 0.15) is 19.3 Å². The lowest BCUT2D eigenvalue weighted by Crippen LogP contribution is -2.10. The zero-order valence-corrected chi connectivity index (χ0v) is 10.8. The van der Waals surface area contributed by atoms with Crippen LogP contribution < -0.4 is 16.4 Å². The molecule has 6 nitrogen and oxygen atoms in total. The van der Waals surface area contributed by atoms with Gasteiger partial charge in [0.1, 0.15) is 11.6 Å². The minimum Gasteiger partial charge on any atom is -0.381 e. The highest BCUT2D eigenvalue weighted by molar-refractivity contribution is 5.50. The van der Waals surface area contributed by atoms with Gasteiger partial charge in [-0.3, -0.25) is 0 Å². The summed E-state index contributed by atoms with van der Waals surface area (Å²) < 4.78 is 5.55. The van der Waals surface area contributed by atoms with Crippen molar-refractivity contribution in [2.45, 2.75) is 19.3 Å². The summed E-state index contributed by atoms with van der Waals surface area (Å²) in [7, 11) is 1.80. The van der Waals surface area contributed by atoms with Crippen molar-refractivity contribution in [2.75, 3.05) is 43.2 Å². The van der Waals surface area contributed by atoms with E-state index in [1.807, 2.05) is 6.07 Å². The van der Waals surface area contributed by atoms with Gasteiger partial charge in [-0.05, 0) is 25.2 Å². The highest BCUT2D eigenvalue weighted by atomic mass is 16.5. The number of anilines is 3. The Balaban J connectivity index is 1.63. The van der Waals surface area contributed by atoms with E-state index >= 15 is 0 Å². The van der Waals surface area contributed by atoms with Crippen LogP contribution in [0.2, 0.25) is 0 Å². The lowest BCUT2D eigenvalue weighted by molar-refractivity contribution is 0.124. The van der Waals surface area contributed by atoms with Crippen LogP contribution in [-0.4, -0.2) is 36.8 Å².